The fourth-order valence-electron chi connectivity index (χ4n) is 0.393. The minimum Gasteiger partial charge on any atom is -0.109 e. The molecule has 0 nitrogen and oxygen atoms in total. The zero-order valence-electron chi connectivity index (χ0n) is 4.48. The van der Waals surface area contributed by atoms with Crippen LogP contribution in [0.5, 0.6) is 0 Å². The van der Waals surface area contributed by atoms with Gasteiger partial charge in [0.25, 0.3) is 0 Å². The van der Waals surface area contributed by atoms with Crippen molar-refractivity contribution in [2.75, 3.05) is 5.34 Å². The Kier molecular flexibility index (Phi) is 7.11. The molecule has 1 aliphatic carbocycles. The second-order valence-electron chi connectivity index (χ2n) is 1.19. The first kappa shape index (κ1) is 8.06. The monoisotopic (exact) mass is 150 g/mol. The zero-order chi connectivity index (χ0) is 6.24. The van der Waals surface area contributed by atoms with Gasteiger partial charge in [0.05, 0.1) is 5.34 Å². The third-order valence-corrected chi connectivity index (χ3v) is 0.655. The summed E-state index contributed by atoms with van der Waals surface area (Å²) in [5, 5.41) is 0.194. The summed E-state index contributed by atoms with van der Waals surface area (Å²) >= 11 is 9.53. The van der Waals surface area contributed by atoms with Crippen molar-refractivity contribution < 1.29 is 0 Å². The standard InChI is InChI=1S/C5H6.CH2Cl2/c1-2-4-5-3-1;2-1-3/h1-4H,5H2;1H2. The van der Waals surface area contributed by atoms with E-state index in [4.69, 9.17) is 23.2 Å². The molecule has 0 aromatic rings. The number of halogens is 2. The Morgan fingerprint density at radius 2 is 1.50 bits per heavy atom. The first-order chi connectivity index (χ1) is 3.91. The van der Waals surface area contributed by atoms with Crippen molar-refractivity contribution in [2.24, 2.45) is 0 Å². The van der Waals surface area contributed by atoms with E-state index in [-0.39, 0.29) is 5.34 Å². The Labute approximate surface area is 59.8 Å². The van der Waals surface area contributed by atoms with Crippen molar-refractivity contribution in [1.29, 1.82) is 0 Å². The van der Waals surface area contributed by atoms with Crippen LogP contribution >= 0.6 is 23.2 Å². The van der Waals surface area contributed by atoms with Gasteiger partial charge in [-0.2, -0.15) is 0 Å². The van der Waals surface area contributed by atoms with Crippen LogP contribution in [0.3, 0.4) is 0 Å². The quantitative estimate of drug-likeness (QED) is 0.467. The van der Waals surface area contributed by atoms with Crippen LogP contribution in [0.2, 0.25) is 0 Å². The first-order valence-corrected chi connectivity index (χ1v) is 3.42. The third-order valence-electron chi connectivity index (χ3n) is 0.655. The van der Waals surface area contributed by atoms with Gasteiger partial charge in [-0.1, -0.05) is 24.3 Å². The number of allylic oxidation sites excluding steroid dienone is 4. The molecule has 2 heteroatoms. The van der Waals surface area contributed by atoms with Crippen molar-refractivity contribution in [2.45, 2.75) is 6.42 Å². The maximum Gasteiger partial charge on any atom is 0.0967 e. The van der Waals surface area contributed by atoms with Crippen molar-refractivity contribution in [1.82, 2.24) is 0 Å². The molecule has 0 amide bonds. The van der Waals surface area contributed by atoms with Gasteiger partial charge in [-0.25, -0.2) is 0 Å². The molecule has 0 N–H and O–H groups in total. The van der Waals surface area contributed by atoms with Crippen molar-refractivity contribution >= 4 is 23.2 Å². The molecule has 0 radical (unpaired) electrons. The van der Waals surface area contributed by atoms with Crippen molar-refractivity contribution in [3.63, 3.8) is 0 Å². The van der Waals surface area contributed by atoms with E-state index in [1.807, 2.05) is 0 Å². The predicted molar refractivity (Wildman–Crippen MR) is 39.5 cm³/mol. The van der Waals surface area contributed by atoms with E-state index in [0.29, 0.717) is 0 Å². The number of alkyl halides is 2. The normalized spacial score (nSPS) is 13.2. The fraction of sp³-hybridized carbons (Fsp3) is 0.333. The summed E-state index contributed by atoms with van der Waals surface area (Å²) in [5.41, 5.74) is 0. The summed E-state index contributed by atoms with van der Waals surface area (Å²) < 4.78 is 0. The Morgan fingerprint density at radius 1 is 1.12 bits per heavy atom. The Bertz CT molecular complexity index is 74.5. The Balaban J connectivity index is 0.000000145. The highest BCUT2D eigenvalue weighted by Gasteiger charge is 1.72. The maximum absolute atomic E-state index is 4.76. The summed E-state index contributed by atoms with van der Waals surface area (Å²) in [6.07, 6.45) is 9.50. The fourth-order valence-corrected chi connectivity index (χ4v) is 0.393. The average molecular weight is 151 g/mol. The highest BCUT2D eigenvalue weighted by molar-refractivity contribution is 6.40. The van der Waals surface area contributed by atoms with Gasteiger partial charge in [0.1, 0.15) is 0 Å². The molecule has 0 aliphatic heterocycles. The topological polar surface area (TPSA) is 0 Å². The third kappa shape index (κ3) is 6.06. The van der Waals surface area contributed by atoms with Gasteiger partial charge in [-0.05, 0) is 6.42 Å². The maximum atomic E-state index is 4.76. The molecule has 0 unspecified atom stereocenters. The van der Waals surface area contributed by atoms with Gasteiger partial charge < -0.3 is 0 Å². The van der Waals surface area contributed by atoms with E-state index in [9.17, 15) is 0 Å². The highest BCUT2D eigenvalue weighted by atomic mass is 35.5. The molecule has 0 atom stereocenters. The van der Waals surface area contributed by atoms with Crippen LogP contribution in [0.25, 0.3) is 0 Å². The molecular weight excluding hydrogens is 143 g/mol. The van der Waals surface area contributed by atoms with E-state index in [1.54, 1.807) is 0 Å². The van der Waals surface area contributed by atoms with E-state index in [0.717, 1.165) is 6.42 Å². The van der Waals surface area contributed by atoms with E-state index in [1.165, 1.54) is 0 Å². The minimum atomic E-state index is 0.194. The zero-order valence-corrected chi connectivity index (χ0v) is 5.99. The number of rotatable bonds is 0. The molecule has 0 heterocycles. The van der Waals surface area contributed by atoms with Crippen LogP contribution in [0, 0.1) is 0 Å². The minimum absolute atomic E-state index is 0.194. The molecule has 0 aromatic heterocycles. The van der Waals surface area contributed by atoms with Gasteiger partial charge in [-0.15, -0.1) is 23.2 Å². The van der Waals surface area contributed by atoms with E-state index in [2.05, 4.69) is 24.3 Å². The first-order valence-electron chi connectivity index (χ1n) is 2.35. The smallest absolute Gasteiger partial charge is 0.0967 e. The number of hydrogen-bond acceptors (Lipinski definition) is 0. The van der Waals surface area contributed by atoms with Gasteiger partial charge in [-0.3, -0.25) is 0 Å². The Hall–Kier alpha value is 0.0600. The van der Waals surface area contributed by atoms with E-state index >= 15 is 0 Å². The lowest BCUT2D eigenvalue weighted by molar-refractivity contribution is 1.45. The molecule has 8 heavy (non-hydrogen) atoms. The summed E-state index contributed by atoms with van der Waals surface area (Å²) in [4.78, 5) is 0. The van der Waals surface area contributed by atoms with Gasteiger partial charge in [0.2, 0.25) is 0 Å². The molecule has 0 saturated carbocycles. The molecule has 1 rings (SSSR count). The summed E-state index contributed by atoms with van der Waals surface area (Å²) in [6.45, 7) is 0. The van der Waals surface area contributed by atoms with Crippen LogP contribution < -0.4 is 0 Å². The lowest BCUT2D eigenvalue weighted by Crippen LogP contribution is -1.37. The molecule has 0 fully saturated rings. The lowest BCUT2D eigenvalue weighted by Gasteiger charge is -1.57. The van der Waals surface area contributed by atoms with Crippen molar-refractivity contribution in [3.05, 3.63) is 24.3 Å². The molecule has 0 aromatic carbocycles. The lowest BCUT2D eigenvalue weighted by atomic mass is 10.5. The SMILES string of the molecule is C1=CCC=C1.ClCCl. The van der Waals surface area contributed by atoms with Crippen LogP contribution in [-0.2, 0) is 0 Å². The van der Waals surface area contributed by atoms with Gasteiger partial charge in [0.15, 0.2) is 0 Å². The molecule has 0 saturated heterocycles. The largest absolute Gasteiger partial charge is 0.109 e. The van der Waals surface area contributed by atoms with Crippen LogP contribution in [0.1, 0.15) is 6.42 Å². The molecule has 46 valence electrons. The van der Waals surface area contributed by atoms with Gasteiger partial charge in [0, 0.05) is 0 Å². The van der Waals surface area contributed by atoms with Crippen LogP contribution in [0.15, 0.2) is 24.3 Å². The number of hydrogen-bond donors (Lipinski definition) is 0. The second kappa shape index (κ2) is 7.06. The van der Waals surface area contributed by atoms with Crippen molar-refractivity contribution in [3.8, 4) is 0 Å². The van der Waals surface area contributed by atoms with Gasteiger partial charge >= 0.3 is 0 Å². The Morgan fingerprint density at radius 3 is 1.62 bits per heavy atom. The molecule has 0 bridgehead atoms. The summed E-state index contributed by atoms with van der Waals surface area (Å²) in [6, 6.07) is 0. The molecule has 0 spiro atoms. The predicted octanol–water partition coefficient (Wildman–Crippen LogP) is 2.92. The summed E-state index contributed by atoms with van der Waals surface area (Å²) in [5.74, 6) is 0. The molecular formula is C6H8Cl2. The second-order valence-corrected chi connectivity index (χ2v) is 2.00. The average Bonchev–Trinajstić information content (AvgIpc) is 2.17. The summed E-state index contributed by atoms with van der Waals surface area (Å²) in [7, 11) is 0. The van der Waals surface area contributed by atoms with E-state index < -0.39 is 0 Å². The van der Waals surface area contributed by atoms with Crippen LogP contribution in [0.4, 0.5) is 0 Å². The highest BCUT2D eigenvalue weighted by Crippen LogP contribution is 1.93. The molecule has 1 aliphatic rings. The van der Waals surface area contributed by atoms with Crippen LogP contribution in [-0.4, -0.2) is 5.34 Å².